The Bertz CT molecular complexity index is 1300. The van der Waals surface area contributed by atoms with Gasteiger partial charge in [-0.2, -0.15) is 9.78 Å². The first-order valence-corrected chi connectivity index (χ1v) is 10.2. The van der Waals surface area contributed by atoms with Crippen LogP contribution in [0.4, 0.5) is 0 Å². The van der Waals surface area contributed by atoms with E-state index in [2.05, 4.69) is 27.7 Å². The molecule has 0 aliphatic rings. The van der Waals surface area contributed by atoms with Crippen LogP contribution in [0.5, 0.6) is 11.5 Å². The third kappa shape index (κ3) is 3.80. The number of hydrogen-bond acceptors (Lipinski definition) is 5. The highest BCUT2D eigenvalue weighted by molar-refractivity contribution is 14.1. The zero-order valence-electron chi connectivity index (χ0n) is 16.4. The molecule has 0 aliphatic heterocycles. The number of hydrogen-bond donors (Lipinski definition) is 0. The maximum absolute atomic E-state index is 13.2. The molecule has 7 heteroatoms. The average Bonchev–Trinajstić information content (AvgIpc) is 2.78. The second-order valence-corrected chi connectivity index (χ2v) is 7.58. The predicted molar refractivity (Wildman–Crippen MR) is 127 cm³/mol. The van der Waals surface area contributed by atoms with Crippen LogP contribution in [0.1, 0.15) is 5.56 Å². The molecule has 0 saturated heterocycles. The van der Waals surface area contributed by atoms with Gasteiger partial charge in [0.25, 0.3) is 5.56 Å². The van der Waals surface area contributed by atoms with Crippen LogP contribution in [0.2, 0.25) is 0 Å². The Kier molecular flexibility index (Phi) is 5.80. The van der Waals surface area contributed by atoms with Gasteiger partial charge in [0, 0.05) is 5.56 Å². The molecule has 0 amide bonds. The fraction of sp³-hybridized carbons (Fsp3) is 0.0870. The van der Waals surface area contributed by atoms with E-state index in [0.29, 0.717) is 28.2 Å². The fourth-order valence-corrected chi connectivity index (χ4v) is 3.99. The number of rotatable bonds is 5. The molecular weight excluding hydrogens is 493 g/mol. The molecular formula is C23H18IN3O3. The minimum Gasteiger partial charge on any atom is -0.493 e. The Balaban J connectivity index is 1.89. The van der Waals surface area contributed by atoms with Crippen molar-refractivity contribution < 1.29 is 9.47 Å². The molecule has 4 aromatic rings. The summed E-state index contributed by atoms with van der Waals surface area (Å²) in [7, 11) is 3.18. The van der Waals surface area contributed by atoms with Crippen LogP contribution in [-0.2, 0) is 0 Å². The second-order valence-electron chi connectivity index (χ2n) is 6.42. The van der Waals surface area contributed by atoms with E-state index >= 15 is 0 Å². The largest absolute Gasteiger partial charge is 0.493 e. The smallest absolute Gasteiger partial charge is 0.282 e. The van der Waals surface area contributed by atoms with Crippen molar-refractivity contribution in [1.82, 2.24) is 9.66 Å². The molecule has 30 heavy (non-hydrogen) atoms. The van der Waals surface area contributed by atoms with Gasteiger partial charge in [-0.15, -0.1) is 0 Å². The first-order valence-electron chi connectivity index (χ1n) is 9.15. The van der Waals surface area contributed by atoms with E-state index in [-0.39, 0.29) is 5.56 Å². The zero-order valence-corrected chi connectivity index (χ0v) is 18.5. The number of methoxy groups -OCH3 is 2. The van der Waals surface area contributed by atoms with Crippen molar-refractivity contribution in [3.8, 4) is 22.9 Å². The standard InChI is InChI=1S/C23H18IN3O3/c1-29-20-13-15(12-18(24)21(20)30-2)14-25-27-22(16-8-4-3-5-9-16)26-19-11-7-6-10-17(19)23(27)28/h3-14H,1-2H3. The lowest BCUT2D eigenvalue weighted by Gasteiger charge is -2.11. The van der Waals surface area contributed by atoms with E-state index in [4.69, 9.17) is 14.5 Å². The van der Waals surface area contributed by atoms with Gasteiger partial charge in [-0.05, 0) is 52.4 Å². The number of halogens is 1. The molecule has 4 rings (SSSR count). The van der Waals surface area contributed by atoms with Crippen LogP contribution in [0, 0.1) is 3.57 Å². The van der Waals surface area contributed by atoms with Crippen LogP contribution >= 0.6 is 22.6 Å². The van der Waals surface area contributed by atoms with Gasteiger partial charge in [0.05, 0.1) is 34.9 Å². The quantitative estimate of drug-likeness (QED) is 0.291. The maximum Gasteiger partial charge on any atom is 0.282 e. The van der Waals surface area contributed by atoms with Crippen molar-refractivity contribution in [3.63, 3.8) is 0 Å². The molecule has 150 valence electrons. The molecule has 6 nitrogen and oxygen atoms in total. The Hall–Kier alpha value is -3.20. The van der Waals surface area contributed by atoms with Crippen LogP contribution in [0.25, 0.3) is 22.3 Å². The third-order valence-electron chi connectivity index (χ3n) is 4.56. The van der Waals surface area contributed by atoms with Gasteiger partial charge >= 0.3 is 0 Å². The summed E-state index contributed by atoms with van der Waals surface area (Å²) >= 11 is 2.18. The first kappa shape index (κ1) is 20.1. The van der Waals surface area contributed by atoms with Crippen LogP contribution in [-0.4, -0.2) is 30.1 Å². The molecule has 0 saturated carbocycles. The number of fused-ring (bicyclic) bond motifs is 1. The fourth-order valence-electron chi connectivity index (χ4n) is 3.14. The Morgan fingerprint density at radius 3 is 2.47 bits per heavy atom. The van der Waals surface area contributed by atoms with Gasteiger partial charge in [0.15, 0.2) is 17.3 Å². The molecule has 0 aliphatic carbocycles. The lowest BCUT2D eigenvalue weighted by molar-refractivity contribution is 0.353. The zero-order chi connectivity index (χ0) is 21.1. The molecule has 0 bridgehead atoms. The van der Waals surface area contributed by atoms with Gasteiger partial charge in [-0.3, -0.25) is 4.79 Å². The van der Waals surface area contributed by atoms with Crippen molar-refractivity contribution in [2.45, 2.75) is 0 Å². The first-order chi connectivity index (χ1) is 14.6. The number of ether oxygens (including phenoxy) is 2. The number of aromatic nitrogens is 2. The molecule has 0 N–H and O–H groups in total. The molecule has 1 heterocycles. The lowest BCUT2D eigenvalue weighted by Crippen LogP contribution is -2.20. The van der Waals surface area contributed by atoms with E-state index in [9.17, 15) is 4.79 Å². The van der Waals surface area contributed by atoms with Crippen molar-refractivity contribution in [1.29, 1.82) is 0 Å². The average molecular weight is 511 g/mol. The minimum atomic E-state index is -0.231. The maximum atomic E-state index is 13.2. The van der Waals surface area contributed by atoms with E-state index in [0.717, 1.165) is 14.7 Å². The van der Waals surface area contributed by atoms with E-state index in [1.165, 1.54) is 4.68 Å². The summed E-state index contributed by atoms with van der Waals surface area (Å²) in [4.78, 5) is 17.9. The van der Waals surface area contributed by atoms with Crippen LogP contribution in [0.15, 0.2) is 76.6 Å². The Morgan fingerprint density at radius 2 is 1.73 bits per heavy atom. The Morgan fingerprint density at radius 1 is 1.00 bits per heavy atom. The van der Waals surface area contributed by atoms with Crippen molar-refractivity contribution in [2.75, 3.05) is 14.2 Å². The number of benzene rings is 3. The molecule has 0 atom stereocenters. The molecule has 0 radical (unpaired) electrons. The molecule has 0 fully saturated rings. The summed E-state index contributed by atoms with van der Waals surface area (Å²) in [5.74, 6) is 1.73. The molecule has 1 aromatic heterocycles. The summed E-state index contributed by atoms with van der Waals surface area (Å²) in [6.45, 7) is 0. The number of nitrogens with zero attached hydrogens (tertiary/aromatic N) is 3. The van der Waals surface area contributed by atoms with Gasteiger partial charge in [-0.1, -0.05) is 42.5 Å². The van der Waals surface area contributed by atoms with E-state index < -0.39 is 0 Å². The van der Waals surface area contributed by atoms with Gasteiger partial charge in [0.2, 0.25) is 0 Å². The minimum absolute atomic E-state index is 0.231. The number of para-hydroxylation sites is 1. The summed E-state index contributed by atoms with van der Waals surface area (Å²) in [5, 5.41) is 5.00. The van der Waals surface area contributed by atoms with Gasteiger partial charge in [-0.25, -0.2) is 4.98 Å². The van der Waals surface area contributed by atoms with Crippen LogP contribution in [0.3, 0.4) is 0 Å². The topological polar surface area (TPSA) is 65.7 Å². The summed E-state index contributed by atoms with van der Waals surface area (Å²) in [6.07, 6.45) is 1.62. The van der Waals surface area contributed by atoms with Crippen LogP contribution < -0.4 is 15.0 Å². The monoisotopic (exact) mass is 511 g/mol. The summed E-state index contributed by atoms with van der Waals surface area (Å²) in [6, 6.07) is 20.5. The SMILES string of the molecule is COc1cc(C=Nn2c(-c3ccccc3)nc3ccccc3c2=O)cc(I)c1OC. The van der Waals surface area contributed by atoms with Crippen molar-refractivity contribution >= 4 is 39.7 Å². The molecule has 0 spiro atoms. The predicted octanol–water partition coefficient (Wildman–Crippen LogP) is 4.57. The normalized spacial score (nSPS) is 11.2. The van der Waals surface area contributed by atoms with Crippen molar-refractivity contribution in [3.05, 3.63) is 86.2 Å². The summed E-state index contributed by atoms with van der Waals surface area (Å²) in [5.41, 5.74) is 1.98. The molecule has 3 aromatic carbocycles. The summed E-state index contributed by atoms with van der Waals surface area (Å²) < 4.78 is 13.0. The van der Waals surface area contributed by atoms with Crippen molar-refractivity contribution in [2.24, 2.45) is 5.10 Å². The van der Waals surface area contributed by atoms with E-state index in [1.54, 1.807) is 26.5 Å². The van der Waals surface area contributed by atoms with Gasteiger partial charge < -0.3 is 9.47 Å². The second kappa shape index (κ2) is 8.66. The Labute approximate surface area is 186 Å². The van der Waals surface area contributed by atoms with E-state index in [1.807, 2.05) is 60.7 Å². The third-order valence-corrected chi connectivity index (χ3v) is 5.37. The highest BCUT2D eigenvalue weighted by atomic mass is 127. The molecule has 0 unspecified atom stereocenters. The van der Waals surface area contributed by atoms with Gasteiger partial charge in [0.1, 0.15) is 0 Å². The lowest BCUT2D eigenvalue weighted by atomic mass is 10.2. The highest BCUT2D eigenvalue weighted by Crippen LogP contribution is 2.33. The highest BCUT2D eigenvalue weighted by Gasteiger charge is 2.13.